The number of aromatic nitrogens is 3. The highest BCUT2D eigenvalue weighted by Crippen LogP contribution is 2.41. The molecule has 0 aliphatic heterocycles. The summed E-state index contributed by atoms with van der Waals surface area (Å²) in [6.07, 6.45) is 1.54. The minimum Gasteiger partial charge on any atom is -0.480 e. The van der Waals surface area contributed by atoms with Crippen molar-refractivity contribution in [1.82, 2.24) is 19.9 Å². The zero-order valence-electron chi connectivity index (χ0n) is 19.1. The number of hydrogen-bond donors (Lipinski definition) is 2. The van der Waals surface area contributed by atoms with Crippen molar-refractivity contribution >= 4 is 51.9 Å². The molecule has 0 aliphatic carbocycles. The van der Waals surface area contributed by atoms with Crippen molar-refractivity contribution in [2.45, 2.75) is 26.0 Å². The van der Waals surface area contributed by atoms with Crippen LogP contribution in [0.25, 0.3) is 11.2 Å². The van der Waals surface area contributed by atoms with E-state index in [9.17, 15) is 9.90 Å². The summed E-state index contributed by atoms with van der Waals surface area (Å²) in [5.41, 5.74) is -0.289. The number of fused-ring (bicyclic) bond motifs is 1. The molecule has 1 amide bonds. The summed E-state index contributed by atoms with van der Waals surface area (Å²) in [7, 11) is 2.98. The first-order valence-electron chi connectivity index (χ1n) is 10.5. The van der Waals surface area contributed by atoms with Crippen molar-refractivity contribution in [2.75, 3.05) is 14.2 Å². The summed E-state index contributed by atoms with van der Waals surface area (Å²) in [4.78, 5) is 31.8. The molecule has 9 nitrogen and oxygen atoms in total. The predicted molar refractivity (Wildman–Crippen MR) is 135 cm³/mol. The van der Waals surface area contributed by atoms with Crippen LogP contribution < -0.4 is 10.1 Å². The third-order valence-electron chi connectivity index (χ3n) is 5.23. The van der Waals surface area contributed by atoms with E-state index in [-0.39, 0.29) is 17.4 Å². The second-order valence-corrected chi connectivity index (χ2v) is 9.02. The summed E-state index contributed by atoms with van der Waals surface area (Å²) in [5.74, 6) is 0.246. The van der Waals surface area contributed by atoms with E-state index in [0.717, 1.165) is 9.75 Å². The van der Waals surface area contributed by atoms with Gasteiger partial charge in [-0.2, -0.15) is 4.98 Å². The van der Waals surface area contributed by atoms with Crippen molar-refractivity contribution < 1.29 is 14.6 Å². The van der Waals surface area contributed by atoms with Crippen LogP contribution >= 0.6 is 22.7 Å². The van der Waals surface area contributed by atoms with E-state index in [1.54, 1.807) is 13.0 Å². The molecular weight excluding hydrogens is 472 g/mol. The van der Waals surface area contributed by atoms with Gasteiger partial charge >= 0.3 is 0 Å². The Morgan fingerprint density at radius 3 is 2.44 bits per heavy atom. The number of methoxy groups -OCH3 is 1. The molecule has 4 rings (SSSR count). The van der Waals surface area contributed by atoms with Gasteiger partial charge < -0.3 is 14.4 Å². The number of guanidine groups is 1. The van der Waals surface area contributed by atoms with Gasteiger partial charge in [0.25, 0.3) is 5.91 Å². The average Bonchev–Trinajstić information content (AvgIpc) is 3.62. The molecule has 4 aromatic heterocycles. The zero-order chi connectivity index (χ0) is 24.3. The van der Waals surface area contributed by atoms with Gasteiger partial charge in [0.15, 0.2) is 17.1 Å². The van der Waals surface area contributed by atoms with Crippen LogP contribution in [0.5, 0.6) is 5.88 Å². The minimum absolute atomic E-state index is 0.115. The number of aryl methyl sites for hydroxylation is 1. The number of ether oxygens (including phenoxy) is 1. The summed E-state index contributed by atoms with van der Waals surface area (Å²) < 4.78 is 7.28. The third kappa shape index (κ3) is 4.02. The molecule has 11 heteroatoms. The van der Waals surface area contributed by atoms with Gasteiger partial charge in [-0.1, -0.05) is 12.1 Å². The number of imidazole rings is 1. The van der Waals surface area contributed by atoms with E-state index < -0.39 is 11.5 Å². The number of pyridine rings is 1. The van der Waals surface area contributed by atoms with Crippen molar-refractivity contribution in [1.29, 1.82) is 0 Å². The molecule has 4 heterocycles. The highest BCUT2D eigenvalue weighted by molar-refractivity contribution is 7.11. The SMILES string of the molecule is C/C=N\C(=NC)NC(=O)c1cc2c(nc1OC)nc(C(O)(c1cccs1)c1cccs1)n2CC. The summed E-state index contributed by atoms with van der Waals surface area (Å²) in [6, 6.07) is 9.23. The number of nitrogens with one attached hydrogen (secondary N) is 1. The lowest BCUT2D eigenvalue weighted by Gasteiger charge is -2.26. The smallest absolute Gasteiger partial charge is 0.263 e. The highest BCUT2D eigenvalue weighted by Gasteiger charge is 2.41. The lowest BCUT2D eigenvalue weighted by atomic mass is 9.98. The Kier molecular flexibility index (Phi) is 6.87. The molecule has 34 heavy (non-hydrogen) atoms. The van der Waals surface area contributed by atoms with Crippen LogP contribution in [0.3, 0.4) is 0 Å². The molecule has 0 bridgehead atoms. The summed E-state index contributed by atoms with van der Waals surface area (Å²) in [5, 5.41) is 18.6. The number of amides is 1. The van der Waals surface area contributed by atoms with Crippen LogP contribution in [-0.4, -0.2) is 51.9 Å². The Morgan fingerprint density at radius 1 is 1.26 bits per heavy atom. The molecule has 176 valence electrons. The van der Waals surface area contributed by atoms with Crippen LogP contribution in [0, 0.1) is 0 Å². The van der Waals surface area contributed by atoms with Gasteiger partial charge in [0.2, 0.25) is 11.8 Å². The summed E-state index contributed by atoms with van der Waals surface area (Å²) >= 11 is 2.90. The molecule has 0 saturated carbocycles. The fourth-order valence-electron chi connectivity index (χ4n) is 3.69. The second-order valence-electron chi connectivity index (χ2n) is 7.12. The Hall–Kier alpha value is -3.41. The van der Waals surface area contributed by atoms with Crippen LogP contribution in [-0.2, 0) is 12.1 Å². The first kappa shape index (κ1) is 23.7. The normalized spacial score (nSPS) is 12.6. The zero-order valence-corrected chi connectivity index (χ0v) is 20.8. The van der Waals surface area contributed by atoms with Gasteiger partial charge in [-0.25, -0.2) is 9.98 Å². The lowest BCUT2D eigenvalue weighted by Crippen LogP contribution is -2.31. The second kappa shape index (κ2) is 9.84. The fourth-order valence-corrected chi connectivity index (χ4v) is 5.42. The van der Waals surface area contributed by atoms with Crippen molar-refractivity contribution in [3.63, 3.8) is 0 Å². The van der Waals surface area contributed by atoms with Gasteiger partial charge in [-0.3, -0.25) is 15.1 Å². The number of carbonyl (C=O) groups excluding carboxylic acids is 1. The number of thiophene rings is 2. The number of nitrogens with zero attached hydrogens (tertiary/aromatic N) is 5. The van der Waals surface area contributed by atoms with Gasteiger partial charge in [0, 0.05) is 29.6 Å². The Balaban J connectivity index is 1.92. The first-order chi connectivity index (χ1) is 16.5. The first-order valence-corrected chi connectivity index (χ1v) is 12.3. The molecular formula is C23H24N6O3S2. The van der Waals surface area contributed by atoms with Crippen LogP contribution in [0.4, 0.5) is 0 Å². The number of hydrogen-bond acceptors (Lipinski definition) is 8. The quantitative estimate of drug-likeness (QED) is 0.312. The van der Waals surface area contributed by atoms with Gasteiger partial charge in [-0.05, 0) is 42.8 Å². The van der Waals surface area contributed by atoms with Crippen molar-refractivity contribution in [3.05, 3.63) is 62.2 Å². The van der Waals surface area contributed by atoms with Gasteiger partial charge in [0.05, 0.1) is 12.6 Å². The average molecular weight is 497 g/mol. The summed E-state index contributed by atoms with van der Waals surface area (Å²) in [6.45, 7) is 4.19. The maximum atomic E-state index is 13.0. The van der Waals surface area contributed by atoms with Crippen molar-refractivity contribution in [3.8, 4) is 5.88 Å². The van der Waals surface area contributed by atoms with E-state index in [2.05, 4.69) is 20.3 Å². The van der Waals surface area contributed by atoms with E-state index in [1.807, 2.05) is 46.5 Å². The number of carbonyl (C=O) groups is 1. The fraction of sp³-hybridized carbons (Fsp3) is 0.261. The molecule has 0 spiro atoms. The standard InChI is InChI=1S/C23H24N6O3S2/c1-5-25-22(24-3)28-19(30)14-13-15-18(26-20(14)32-4)27-21(29(15)6-2)23(31,16-9-7-11-33-16)17-10-8-12-34-17/h5,7-13,31H,6H2,1-4H3,(H,24,28,30)/b25-5-. The van der Waals surface area contributed by atoms with Crippen LogP contribution in [0.1, 0.15) is 39.8 Å². The molecule has 4 aromatic rings. The molecule has 0 aliphatic rings. The van der Waals surface area contributed by atoms with E-state index in [1.165, 1.54) is 43.0 Å². The van der Waals surface area contributed by atoms with Gasteiger partial charge in [-0.15, -0.1) is 22.7 Å². The van der Waals surface area contributed by atoms with Crippen molar-refractivity contribution in [2.24, 2.45) is 9.98 Å². The Morgan fingerprint density at radius 2 is 1.94 bits per heavy atom. The van der Waals surface area contributed by atoms with E-state index in [4.69, 9.17) is 9.72 Å². The molecule has 0 atom stereocenters. The Labute approximate surface area is 204 Å². The number of rotatable bonds is 6. The maximum Gasteiger partial charge on any atom is 0.263 e. The van der Waals surface area contributed by atoms with E-state index in [0.29, 0.717) is 23.5 Å². The minimum atomic E-state index is -1.47. The molecule has 0 unspecified atom stereocenters. The number of aliphatic hydroxyl groups is 1. The van der Waals surface area contributed by atoms with Gasteiger partial charge in [0.1, 0.15) is 5.56 Å². The lowest BCUT2D eigenvalue weighted by molar-refractivity contribution is 0.0973. The molecule has 2 N–H and O–H groups in total. The monoisotopic (exact) mass is 496 g/mol. The topological polar surface area (TPSA) is 114 Å². The molecule has 0 radical (unpaired) electrons. The molecule has 0 saturated heterocycles. The Bertz CT molecular complexity index is 1320. The largest absolute Gasteiger partial charge is 0.480 e. The van der Waals surface area contributed by atoms with Crippen LogP contribution in [0.2, 0.25) is 0 Å². The molecule has 0 aromatic carbocycles. The van der Waals surface area contributed by atoms with Crippen LogP contribution in [0.15, 0.2) is 51.1 Å². The van der Waals surface area contributed by atoms with E-state index >= 15 is 0 Å². The third-order valence-corrected chi connectivity index (χ3v) is 7.19. The highest BCUT2D eigenvalue weighted by atomic mass is 32.1. The number of aliphatic imine (C=N–C) groups is 2. The molecule has 0 fully saturated rings. The maximum absolute atomic E-state index is 13.0. The predicted octanol–water partition coefficient (Wildman–Crippen LogP) is 3.67.